The zero-order chi connectivity index (χ0) is 13.4. The minimum Gasteiger partial charge on any atom is -0.359 e. The van der Waals surface area contributed by atoms with Gasteiger partial charge in [-0.05, 0) is 0 Å². The van der Waals surface area contributed by atoms with Crippen LogP contribution in [0.15, 0.2) is 0 Å². The Bertz CT molecular complexity index is 383. The first-order valence-electron chi connectivity index (χ1n) is 4.37. The maximum Gasteiger partial charge on any atom is 0.333 e. The predicted molar refractivity (Wildman–Crippen MR) is 51.7 cm³/mol. The minimum absolute atomic E-state index is 0.525. The summed E-state index contributed by atoms with van der Waals surface area (Å²) in [5.74, 6) is -2.45. The number of amides is 6. The molecule has 0 aliphatic carbocycles. The highest BCUT2D eigenvalue weighted by Crippen LogP contribution is 2.16. The van der Waals surface area contributed by atoms with Crippen LogP contribution in [0.4, 0.5) is 9.59 Å². The van der Waals surface area contributed by atoms with Gasteiger partial charge in [0.2, 0.25) is 0 Å². The van der Waals surface area contributed by atoms with E-state index in [9.17, 15) is 24.3 Å². The van der Waals surface area contributed by atoms with Gasteiger partial charge in [-0.1, -0.05) is 0 Å². The fourth-order valence-corrected chi connectivity index (χ4v) is 1.23. The lowest BCUT2D eigenvalue weighted by molar-refractivity contribution is -0.172. The molecule has 0 aromatic rings. The van der Waals surface area contributed by atoms with Crippen LogP contribution in [0, 0.1) is 0 Å². The SMILES string of the molecule is CN1C(=O)N(C)C(=O)C(O)(NNC(N)=O)C1=O. The summed E-state index contributed by atoms with van der Waals surface area (Å²) in [6.45, 7) is 0. The van der Waals surface area contributed by atoms with Crippen molar-refractivity contribution in [1.29, 1.82) is 0 Å². The summed E-state index contributed by atoms with van der Waals surface area (Å²) in [4.78, 5) is 46.0. The lowest BCUT2D eigenvalue weighted by Gasteiger charge is -2.37. The summed E-state index contributed by atoms with van der Waals surface area (Å²) in [5, 5.41) is 9.80. The van der Waals surface area contributed by atoms with Crippen molar-refractivity contribution in [1.82, 2.24) is 20.7 Å². The molecule has 0 radical (unpaired) electrons. The number of primary amides is 1. The average Bonchev–Trinajstić information content (AvgIpc) is 2.29. The fraction of sp³-hybridized carbons (Fsp3) is 0.429. The van der Waals surface area contributed by atoms with Crippen LogP contribution in [0.5, 0.6) is 0 Å². The molecule has 1 fully saturated rings. The Morgan fingerprint density at radius 2 is 1.65 bits per heavy atom. The first kappa shape index (κ1) is 12.9. The normalized spacial score (nSPS) is 19.6. The molecule has 1 aliphatic heterocycles. The third-order valence-corrected chi connectivity index (χ3v) is 2.17. The molecule has 1 heterocycles. The van der Waals surface area contributed by atoms with E-state index in [1.165, 1.54) is 0 Å². The molecule has 6 amide bonds. The molecule has 0 unspecified atom stereocenters. The van der Waals surface area contributed by atoms with E-state index in [4.69, 9.17) is 5.73 Å². The van der Waals surface area contributed by atoms with Crippen LogP contribution in [0.3, 0.4) is 0 Å². The number of likely N-dealkylation sites (N-methyl/N-ethyl adjacent to an activating group) is 2. The smallest absolute Gasteiger partial charge is 0.333 e. The zero-order valence-electron chi connectivity index (χ0n) is 9.05. The van der Waals surface area contributed by atoms with Crippen molar-refractivity contribution in [3.63, 3.8) is 0 Å². The molecule has 0 aromatic carbocycles. The van der Waals surface area contributed by atoms with Gasteiger partial charge in [0.25, 0.3) is 17.5 Å². The summed E-state index contributed by atoms with van der Waals surface area (Å²) in [6, 6.07) is -2.01. The van der Waals surface area contributed by atoms with Crippen LogP contribution in [-0.4, -0.2) is 58.6 Å². The molecule has 1 rings (SSSR count). The van der Waals surface area contributed by atoms with Crippen LogP contribution < -0.4 is 16.6 Å². The third kappa shape index (κ3) is 1.90. The molecule has 1 saturated heterocycles. The Morgan fingerprint density at radius 3 is 2.00 bits per heavy atom. The van der Waals surface area contributed by atoms with Gasteiger partial charge < -0.3 is 10.8 Å². The Kier molecular flexibility index (Phi) is 3.02. The number of imide groups is 2. The number of hydrogen-bond donors (Lipinski definition) is 4. The molecule has 0 aromatic heterocycles. The lowest BCUT2D eigenvalue weighted by atomic mass is 10.1. The van der Waals surface area contributed by atoms with Crippen molar-refractivity contribution in [2.24, 2.45) is 5.73 Å². The fourth-order valence-electron chi connectivity index (χ4n) is 1.23. The summed E-state index contributed by atoms with van der Waals surface area (Å²) in [5.41, 5.74) is 5.44. The van der Waals surface area contributed by atoms with E-state index < -0.39 is 29.6 Å². The Hall–Kier alpha value is -2.20. The minimum atomic E-state index is -2.76. The lowest BCUT2D eigenvalue weighted by Crippen LogP contribution is -2.75. The summed E-state index contributed by atoms with van der Waals surface area (Å²) < 4.78 is 0. The summed E-state index contributed by atoms with van der Waals surface area (Å²) >= 11 is 0. The number of hydrogen-bond acceptors (Lipinski definition) is 6. The number of nitrogens with two attached hydrogens (primary N) is 1. The number of rotatable bonds is 2. The van der Waals surface area contributed by atoms with Crippen molar-refractivity contribution in [3.8, 4) is 0 Å². The first-order valence-corrected chi connectivity index (χ1v) is 4.37. The van der Waals surface area contributed by atoms with Gasteiger partial charge in [-0.3, -0.25) is 24.8 Å². The second-order valence-electron chi connectivity index (χ2n) is 3.34. The van der Waals surface area contributed by atoms with Crippen molar-refractivity contribution < 1.29 is 24.3 Å². The van der Waals surface area contributed by atoms with Crippen molar-refractivity contribution in [3.05, 3.63) is 0 Å². The number of urea groups is 2. The van der Waals surface area contributed by atoms with Gasteiger partial charge in [0.1, 0.15) is 0 Å². The number of nitrogens with one attached hydrogen (secondary N) is 2. The quantitative estimate of drug-likeness (QED) is 0.230. The number of hydrazine groups is 1. The molecule has 94 valence electrons. The highest BCUT2D eigenvalue weighted by atomic mass is 16.4. The molecule has 0 saturated carbocycles. The monoisotopic (exact) mass is 245 g/mol. The molecule has 1 aliphatic rings. The number of carbonyl (C=O) groups is 4. The van der Waals surface area contributed by atoms with Crippen molar-refractivity contribution in [2.45, 2.75) is 5.72 Å². The molecule has 0 bridgehead atoms. The highest BCUT2D eigenvalue weighted by Gasteiger charge is 2.55. The Morgan fingerprint density at radius 1 is 1.24 bits per heavy atom. The molecule has 5 N–H and O–H groups in total. The van der Waals surface area contributed by atoms with Gasteiger partial charge in [-0.25, -0.2) is 9.59 Å². The van der Waals surface area contributed by atoms with Crippen molar-refractivity contribution >= 4 is 23.9 Å². The van der Waals surface area contributed by atoms with Crippen LogP contribution in [-0.2, 0) is 9.59 Å². The van der Waals surface area contributed by atoms with E-state index in [0.29, 0.717) is 9.80 Å². The topological polar surface area (TPSA) is 145 Å². The van der Waals surface area contributed by atoms with Crippen LogP contribution in [0.25, 0.3) is 0 Å². The standard InChI is InChI=1S/C7H11N5O5/c1-11-3(13)7(17,10-9-5(8)15)4(14)12(2)6(11)16/h10,17H,1-2H3,(H3,8,9,15). The first-order chi connectivity index (χ1) is 7.71. The van der Waals surface area contributed by atoms with Crippen LogP contribution >= 0.6 is 0 Å². The van der Waals surface area contributed by atoms with E-state index >= 15 is 0 Å². The van der Waals surface area contributed by atoms with E-state index in [-0.39, 0.29) is 0 Å². The average molecular weight is 245 g/mol. The van der Waals surface area contributed by atoms with Gasteiger partial charge in [-0.15, -0.1) is 0 Å². The van der Waals surface area contributed by atoms with Gasteiger partial charge in [-0.2, -0.15) is 5.43 Å². The second kappa shape index (κ2) is 3.99. The Balaban J connectivity index is 3.03. The molecule has 17 heavy (non-hydrogen) atoms. The highest BCUT2D eigenvalue weighted by molar-refractivity contribution is 6.20. The molecular formula is C7H11N5O5. The van der Waals surface area contributed by atoms with Crippen LogP contribution in [0.1, 0.15) is 0 Å². The number of barbiturate groups is 1. The molecule has 0 atom stereocenters. The maximum atomic E-state index is 11.6. The number of aliphatic hydroxyl groups is 1. The van der Waals surface area contributed by atoms with Crippen molar-refractivity contribution in [2.75, 3.05) is 14.1 Å². The Labute approximate surface area is 95.3 Å². The summed E-state index contributed by atoms with van der Waals surface area (Å²) in [7, 11) is 2.15. The molecule has 10 nitrogen and oxygen atoms in total. The predicted octanol–water partition coefficient (Wildman–Crippen LogP) is -3.10. The second-order valence-corrected chi connectivity index (χ2v) is 3.34. The summed E-state index contributed by atoms with van der Waals surface area (Å²) in [6.07, 6.45) is 0. The van der Waals surface area contributed by atoms with Gasteiger partial charge in [0, 0.05) is 14.1 Å². The van der Waals surface area contributed by atoms with E-state index in [1.54, 1.807) is 10.9 Å². The maximum absolute atomic E-state index is 11.6. The molecule has 0 spiro atoms. The van der Waals surface area contributed by atoms with Gasteiger partial charge in [0.15, 0.2) is 0 Å². The van der Waals surface area contributed by atoms with Gasteiger partial charge in [0.05, 0.1) is 0 Å². The third-order valence-electron chi connectivity index (χ3n) is 2.17. The zero-order valence-corrected chi connectivity index (χ0v) is 9.05. The molecular weight excluding hydrogens is 234 g/mol. The van der Waals surface area contributed by atoms with E-state index in [2.05, 4.69) is 0 Å². The van der Waals surface area contributed by atoms with E-state index in [0.717, 1.165) is 14.1 Å². The largest absolute Gasteiger partial charge is 0.359 e. The number of carbonyl (C=O) groups excluding carboxylic acids is 4. The van der Waals surface area contributed by atoms with E-state index in [1.807, 2.05) is 0 Å². The van der Waals surface area contributed by atoms with Crippen LogP contribution in [0.2, 0.25) is 0 Å². The van der Waals surface area contributed by atoms with Gasteiger partial charge >= 0.3 is 12.1 Å². The number of nitrogens with zero attached hydrogens (tertiary/aromatic N) is 2. The molecule has 10 heteroatoms.